The van der Waals surface area contributed by atoms with Gasteiger partial charge in [-0.2, -0.15) is 10.5 Å². The maximum atomic E-state index is 8.54. The first-order chi connectivity index (χ1) is 5.81. The topological polar surface area (TPSA) is 80.9 Å². The zero-order valence-electron chi connectivity index (χ0n) is 6.59. The SMILES string of the molecule is CCOC1NC(C#N)=C(C#N)N1. The Labute approximate surface area is 70.2 Å². The van der Waals surface area contributed by atoms with E-state index in [9.17, 15) is 0 Å². The third-order valence-electron chi connectivity index (χ3n) is 1.36. The van der Waals surface area contributed by atoms with E-state index in [4.69, 9.17) is 15.3 Å². The molecule has 0 aromatic rings. The van der Waals surface area contributed by atoms with Gasteiger partial charge in [0.15, 0.2) is 11.4 Å². The zero-order chi connectivity index (χ0) is 8.97. The van der Waals surface area contributed by atoms with Crippen LogP contribution in [0.4, 0.5) is 0 Å². The molecule has 0 unspecified atom stereocenters. The molecule has 0 aromatic heterocycles. The molecule has 5 heteroatoms. The summed E-state index contributed by atoms with van der Waals surface area (Å²) in [4.78, 5) is 0. The Kier molecular flexibility index (Phi) is 2.52. The van der Waals surface area contributed by atoms with Gasteiger partial charge >= 0.3 is 0 Å². The molecule has 0 bridgehead atoms. The van der Waals surface area contributed by atoms with Crippen LogP contribution >= 0.6 is 0 Å². The van der Waals surface area contributed by atoms with Gasteiger partial charge < -0.3 is 15.4 Å². The Morgan fingerprint density at radius 3 is 2.17 bits per heavy atom. The second-order valence-electron chi connectivity index (χ2n) is 2.10. The fourth-order valence-electron chi connectivity index (χ4n) is 0.869. The molecule has 62 valence electrons. The predicted octanol–water partition coefficient (Wildman–Crippen LogP) is -0.242. The van der Waals surface area contributed by atoms with Crippen LogP contribution in [-0.2, 0) is 4.74 Å². The van der Waals surface area contributed by atoms with E-state index in [2.05, 4.69) is 10.6 Å². The largest absolute Gasteiger partial charge is 0.341 e. The predicted molar refractivity (Wildman–Crippen MR) is 39.9 cm³/mol. The highest BCUT2D eigenvalue weighted by Crippen LogP contribution is 2.06. The monoisotopic (exact) mass is 164 g/mol. The molecule has 0 radical (unpaired) electrons. The van der Waals surface area contributed by atoms with Crippen LogP contribution in [0.5, 0.6) is 0 Å². The molecule has 0 saturated heterocycles. The van der Waals surface area contributed by atoms with Crippen molar-refractivity contribution in [2.45, 2.75) is 13.3 Å². The Morgan fingerprint density at radius 2 is 1.83 bits per heavy atom. The van der Waals surface area contributed by atoms with Crippen molar-refractivity contribution in [3.8, 4) is 12.1 Å². The lowest BCUT2D eigenvalue weighted by atomic mass is 10.4. The number of rotatable bonds is 2. The fraction of sp³-hybridized carbons (Fsp3) is 0.429. The van der Waals surface area contributed by atoms with Gasteiger partial charge in [0.1, 0.15) is 12.1 Å². The van der Waals surface area contributed by atoms with Crippen molar-refractivity contribution < 1.29 is 4.74 Å². The van der Waals surface area contributed by atoms with E-state index in [1.165, 1.54) is 0 Å². The Balaban J connectivity index is 2.63. The normalized spacial score (nSPS) is 16.2. The van der Waals surface area contributed by atoms with Gasteiger partial charge in [-0.1, -0.05) is 0 Å². The van der Waals surface area contributed by atoms with Crippen molar-refractivity contribution in [1.82, 2.24) is 10.6 Å². The summed E-state index contributed by atoms with van der Waals surface area (Å²) < 4.78 is 5.10. The van der Waals surface area contributed by atoms with Crippen molar-refractivity contribution in [2.75, 3.05) is 6.61 Å². The third kappa shape index (κ3) is 1.47. The van der Waals surface area contributed by atoms with Crippen LogP contribution in [-0.4, -0.2) is 13.0 Å². The van der Waals surface area contributed by atoms with Gasteiger partial charge in [-0.15, -0.1) is 0 Å². The maximum Gasteiger partial charge on any atom is 0.206 e. The molecule has 1 aliphatic heterocycles. The highest BCUT2D eigenvalue weighted by Gasteiger charge is 2.21. The minimum atomic E-state index is -0.445. The molecule has 0 spiro atoms. The summed E-state index contributed by atoms with van der Waals surface area (Å²) in [6.07, 6.45) is -0.445. The molecule has 12 heavy (non-hydrogen) atoms. The van der Waals surface area contributed by atoms with Gasteiger partial charge in [0, 0.05) is 6.61 Å². The molecule has 1 aliphatic rings. The summed E-state index contributed by atoms with van der Waals surface area (Å²) in [5.74, 6) is 0. The first-order valence-corrected chi connectivity index (χ1v) is 3.51. The van der Waals surface area contributed by atoms with E-state index in [0.717, 1.165) is 0 Å². The van der Waals surface area contributed by atoms with Crippen LogP contribution < -0.4 is 10.6 Å². The molecule has 0 aromatic carbocycles. The number of ether oxygens (including phenoxy) is 1. The zero-order valence-corrected chi connectivity index (χ0v) is 6.59. The van der Waals surface area contributed by atoms with Gasteiger partial charge in [0.05, 0.1) is 0 Å². The van der Waals surface area contributed by atoms with E-state index < -0.39 is 6.35 Å². The molecule has 5 nitrogen and oxygen atoms in total. The second-order valence-corrected chi connectivity index (χ2v) is 2.10. The minimum Gasteiger partial charge on any atom is -0.341 e. The Bertz CT molecular complexity index is 257. The number of nitrogens with zero attached hydrogens (tertiary/aromatic N) is 2. The number of nitriles is 2. The van der Waals surface area contributed by atoms with E-state index in [0.29, 0.717) is 6.61 Å². The van der Waals surface area contributed by atoms with Crippen LogP contribution in [0.3, 0.4) is 0 Å². The van der Waals surface area contributed by atoms with E-state index in [-0.39, 0.29) is 11.4 Å². The lowest BCUT2D eigenvalue weighted by Gasteiger charge is -2.11. The molecular weight excluding hydrogens is 156 g/mol. The molecule has 0 fully saturated rings. The van der Waals surface area contributed by atoms with Crippen molar-refractivity contribution >= 4 is 0 Å². The number of hydrogen-bond acceptors (Lipinski definition) is 5. The van der Waals surface area contributed by atoms with Gasteiger partial charge in [0.25, 0.3) is 0 Å². The molecule has 0 amide bonds. The van der Waals surface area contributed by atoms with Crippen LogP contribution in [0, 0.1) is 22.7 Å². The summed E-state index contributed by atoms with van der Waals surface area (Å²) >= 11 is 0. The Hall–Kier alpha value is -1.72. The van der Waals surface area contributed by atoms with Crippen LogP contribution in [0.25, 0.3) is 0 Å². The quantitative estimate of drug-likeness (QED) is 0.588. The third-order valence-corrected chi connectivity index (χ3v) is 1.36. The summed E-state index contributed by atoms with van der Waals surface area (Å²) in [6.45, 7) is 2.35. The first kappa shape index (κ1) is 8.38. The van der Waals surface area contributed by atoms with Gasteiger partial charge in [0.2, 0.25) is 6.35 Å². The molecule has 1 rings (SSSR count). The van der Waals surface area contributed by atoms with Gasteiger partial charge in [-0.25, -0.2) is 0 Å². The molecule has 0 atom stereocenters. The van der Waals surface area contributed by atoms with Crippen molar-refractivity contribution in [3.63, 3.8) is 0 Å². The summed E-state index contributed by atoms with van der Waals surface area (Å²) in [5, 5.41) is 22.5. The summed E-state index contributed by atoms with van der Waals surface area (Å²) in [5.41, 5.74) is 0.465. The van der Waals surface area contributed by atoms with Crippen LogP contribution in [0.15, 0.2) is 11.4 Å². The van der Waals surface area contributed by atoms with Crippen molar-refractivity contribution in [3.05, 3.63) is 11.4 Å². The molecule has 0 saturated carbocycles. The first-order valence-electron chi connectivity index (χ1n) is 3.51. The van der Waals surface area contributed by atoms with E-state index in [1.54, 1.807) is 0 Å². The molecule has 0 aliphatic carbocycles. The Morgan fingerprint density at radius 1 is 1.33 bits per heavy atom. The maximum absolute atomic E-state index is 8.54. The van der Waals surface area contributed by atoms with E-state index >= 15 is 0 Å². The lowest BCUT2D eigenvalue weighted by molar-refractivity contribution is 0.0389. The minimum absolute atomic E-state index is 0.232. The highest BCUT2D eigenvalue weighted by molar-refractivity contribution is 5.37. The van der Waals surface area contributed by atoms with Gasteiger partial charge in [-0.3, -0.25) is 0 Å². The second kappa shape index (κ2) is 3.61. The molecular formula is C7H8N4O. The van der Waals surface area contributed by atoms with Crippen LogP contribution in [0.1, 0.15) is 6.92 Å². The van der Waals surface area contributed by atoms with Gasteiger partial charge in [-0.05, 0) is 6.92 Å². The molecule has 2 N–H and O–H groups in total. The fourth-order valence-corrected chi connectivity index (χ4v) is 0.869. The number of hydrogen-bond donors (Lipinski definition) is 2. The summed E-state index contributed by atoms with van der Waals surface area (Å²) in [7, 11) is 0. The molecule has 1 heterocycles. The van der Waals surface area contributed by atoms with Crippen molar-refractivity contribution in [2.24, 2.45) is 0 Å². The lowest BCUT2D eigenvalue weighted by Crippen LogP contribution is -2.35. The number of allylic oxidation sites excluding steroid dienone is 2. The summed E-state index contributed by atoms with van der Waals surface area (Å²) in [6, 6.07) is 3.71. The highest BCUT2D eigenvalue weighted by atomic mass is 16.5. The van der Waals surface area contributed by atoms with E-state index in [1.807, 2.05) is 19.1 Å². The van der Waals surface area contributed by atoms with Crippen LogP contribution in [0.2, 0.25) is 0 Å². The standard InChI is InChI=1S/C7H8N4O/c1-2-12-7-10-5(3-8)6(4-9)11-7/h7,10-11H,2H2,1H3. The smallest absolute Gasteiger partial charge is 0.206 e. The van der Waals surface area contributed by atoms with Crippen molar-refractivity contribution in [1.29, 1.82) is 10.5 Å². The average molecular weight is 164 g/mol. The average Bonchev–Trinajstić information content (AvgIpc) is 2.48. The number of nitrogens with one attached hydrogen (secondary N) is 2.